The molecule has 2 aromatic rings. The number of furan rings is 1. The SMILES string of the molecule is CCCc1cc(C(=O)NC(C)c2ccco2)cc(N)n1. The molecule has 2 aromatic heterocycles. The first-order valence-corrected chi connectivity index (χ1v) is 6.71. The molecule has 106 valence electrons. The molecule has 0 aromatic carbocycles. The summed E-state index contributed by atoms with van der Waals surface area (Å²) in [5.41, 5.74) is 7.11. The Morgan fingerprint density at radius 2 is 2.30 bits per heavy atom. The van der Waals surface area contributed by atoms with E-state index in [4.69, 9.17) is 10.2 Å². The van der Waals surface area contributed by atoms with Crippen molar-refractivity contribution in [3.63, 3.8) is 0 Å². The van der Waals surface area contributed by atoms with E-state index in [0.717, 1.165) is 18.5 Å². The van der Waals surface area contributed by atoms with Crippen LogP contribution in [-0.4, -0.2) is 10.9 Å². The number of hydrogen-bond acceptors (Lipinski definition) is 4. The number of pyridine rings is 1. The van der Waals surface area contributed by atoms with E-state index >= 15 is 0 Å². The van der Waals surface area contributed by atoms with Crippen LogP contribution in [0.2, 0.25) is 0 Å². The maximum Gasteiger partial charge on any atom is 0.252 e. The van der Waals surface area contributed by atoms with Gasteiger partial charge in [0.1, 0.15) is 11.6 Å². The lowest BCUT2D eigenvalue weighted by Gasteiger charge is -2.12. The zero-order chi connectivity index (χ0) is 14.5. The van der Waals surface area contributed by atoms with Gasteiger partial charge in [0.2, 0.25) is 0 Å². The Hall–Kier alpha value is -2.30. The summed E-state index contributed by atoms with van der Waals surface area (Å²) in [6.07, 6.45) is 3.35. The number of rotatable bonds is 5. The molecule has 0 aliphatic heterocycles. The highest BCUT2D eigenvalue weighted by atomic mass is 16.3. The van der Waals surface area contributed by atoms with Crippen molar-refractivity contribution in [3.8, 4) is 0 Å². The minimum Gasteiger partial charge on any atom is -0.467 e. The molecule has 0 radical (unpaired) electrons. The lowest BCUT2D eigenvalue weighted by Crippen LogP contribution is -2.26. The maximum atomic E-state index is 12.2. The second kappa shape index (κ2) is 6.23. The van der Waals surface area contributed by atoms with Crippen LogP contribution in [0.3, 0.4) is 0 Å². The molecule has 0 aliphatic rings. The molecule has 0 aliphatic carbocycles. The van der Waals surface area contributed by atoms with Crippen LogP contribution in [0.25, 0.3) is 0 Å². The standard InChI is InChI=1S/C15H19N3O2/c1-3-5-12-8-11(9-14(16)18-12)15(19)17-10(2)13-6-4-7-20-13/h4,6-10H,3,5H2,1-2H3,(H2,16,18)(H,17,19). The van der Waals surface area contributed by atoms with Crippen LogP contribution >= 0.6 is 0 Å². The summed E-state index contributed by atoms with van der Waals surface area (Å²) in [6, 6.07) is 6.80. The van der Waals surface area contributed by atoms with Gasteiger partial charge < -0.3 is 15.5 Å². The van der Waals surface area contributed by atoms with Crippen molar-refractivity contribution in [1.29, 1.82) is 0 Å². The number of anilines is 1. The average molecular weight is 273 g/mol. The number of nitrogens with two attached hydrogens (primary N) is 1. The van der Waals surface area contributed by atoms with Gasteiger partial charge in [-0.1, -0.05) is 13.3 Å². The molecule has 0 saturated carbocycles. The van der Waals surface area contributed by atoms with Gasteiger partial charge in [0, 0.05) is 11.3 Å². The van der Waals surface area contributed by atoms with E-state index in [-0.39, 0.29) is 11.9 Å². The van der Waals surface area contributed by atoms with Gasteiger partial charge in [-0.2, -0.15) is 0 Å². The molecule has 3 N–H and O–H groups in total. The number of aryl methyl sites for hydroxylation is 1. The number of hydrogen-bond donors (Lipinski definition) is 2. The molecule has 0 fully saturated rings. The molecule has 1 atom stereocenters. The largest absolute Gasteiger partial charge is 0.467 e. The Balaban J connectivity index is 2.12. The normalized spacial score (nSPS) is 12.1. The topological polar surface area (TPSA) is 81.2 Å². The molecule has 5 heteroatoms. The van der Waals surface area contributed by atoms with Crippen LogP contribution < -0.4 is 11.1 Å². The number of nitrogen functional groups attached to an aromatic ring is 1. The fourth-order valence-corrected chi connectivity index (χ4v) is 2.01. The second-order valence-corrected chi connectivity index (χ2v) is 4.73. The van der Waals surface area contributed by atoms with Gasteiger partial charge in [-0.15, -0.1) is 0 Å². The number of carbonyl (C=O) groups excluding carboxylic acids is 1. The summed E-state index contributed by atoms with van der Waals surface area (Å²) < 4.78 is 5.27. The first-order chi connectivity index (χ1) is 9.60. The number of nitrogens with zero attached hydrogens (tertiary/aromatic N) is 1. The fourth-order valence-electron chi connectivity index (χ4n) is 2.01. The van der Waals surface area contributed by atoms with E-state index in [9.17, 15) is 4.79 Å². The molecule has 1 unspecified atom stereocenters. The van der Waals surface area contributed by atoms with Gasteiger partial charge in [-0.05, 0) is 37.6 Å². The van der Waals surface area contributed by atoms with Crippen LogP contribution in [0.5, 0.6) is 0 Å². The summed E-state index contributed by atoms with van der Waals surface area (Å²) in [5, 5.41) is 2.88. The molecule has 1 amide bonds. The monoisotopic (exact) mass is 273 g/mol. The lowest BCUT2D eigenvalue weighted by atomic mass is 10.1. The number of carbonyl (C=O) groups is 1. The maximum absolute atomic E-state index is 12.2. The predicted octanol–water partition coefficient (Wildman–Crippen LogP) is 2.70. The van der Waals surface area contributed by atoms with Gasteiger partial charge in [0.15, 0.2) is 0 Å². The van der Waals surface area contributed by atoms with Gasteiger partial charge >= 0.3 is 0 Å². The van der Waals surface area contributed by atoms with E-state index in [1.807, 2.05) is 13.0 Å². The van der Waals surface area contributed by atoms with Crippen molar-refractivity contribution in [1.82, 2.24) is 10.3 Å². The van der Waals surface area contributed by atoms with Gasteiger partial charge in [0.05, 0.1) is 12.3 Å². The van der Waals surface area contributed by atoms with Crippen LogP contribution in [0.1, 0.15) is 48.1 Å². The summed E-state index contributed by atoms with van der Waals surface area (Å²) in [5.74, 6) is 0.904. The van der Waals surface area contributed by atoms with Gasteiger partial charge in [0.25, 0.3) is 5.91 Å². The molecule has 0 saturated heterocycles. The number of nitrogens with one attached hydrogen (secondary N) is 1. The van der Waals surface area contributed by atoms with Crippen molar-refractivity contribution in [2.45, 2.75) is 32.7 Å². The molecule has 2 heterocycles. The van der Waals surface area contributed by atoms with Crippen LogP contribution in [-0.2, 0) is 6.42 Å². The smallest absolute Gasteiger partial charge is 0.252 e. The second-order valence-electron chi connectivity index (χ2n) is 4.73. The Morgan fingerprint density at radius 3 is 2.95 bits per heavy atom. The van der Waals surface area contributed by atoms with Crippen LogP contribution in [0.4, 0.5) is 5.82 Å². The van der Waals surface area contributed by atoms with E-state index < -0.39 is 0 Å². The van der Waals surface area contributed by atoms with Gasteiger partial charge in [-0.3, -0.25) is 4.79 Å². The number of aromatic nitrogens is 1. The molecule has 0 bridgehead atoms. The third kappa shape index (κ3) is 3.38. The minimum atomic E-state index is -0.193. The van der Waals surface area contributed by atoms with Crippen molar-refractivity contribution in [2.75, 3.05) is 5.73 Å². The van der Waals surface area contributed by atoms with E-state index in [1.165, 1.54) is 0 Å². The van der Waals surface area contributed by atoms with E-state index in [0.29, 0.717) is 17.1 Å². The van der Waals surface area contributed by atoms with Crippen molar-refractivity contribution < 1.29 is 9.21 Å². The summed E-state index contributed by atoms with van der Waals surface area (Å²) in [4.78, 5) is 16.4. The first-order valence-electron chi connectivity index (χ1n) is 6.71. The summed E-state index contributed by atoms with van der Waals surface area (Å²) in [6.45, 7) is 3.93. The van der Waals surface area contributed by atoms with Crippen LogP contribution in [0, 0.1) is 0 Å². The third-order valence-corrected chi connectivity index (χ3v) is 2.98. The average Bonchev–Trinajstić information content (AvgIpc) is 2.92. The Morgan fingerprint density at radius 1 is 1.50 bits per heavy atom. The third-order valence-electron chi connectivity index (χ3n) is 2.98. The zero-order valence-corrected chi connectivity index (χ0v) is 11.7. The molecular formula is C15H19N3O2. The molecule has 0 spiro atoms. The highest BCUT2D eigenvalue weighted by Gasteiger charge is 2.14. The van der Waals surface area contributed by atoms with Crippen molar-refractivity contribution in [2.24, 2.45) is 0 Å². The summed E-state index contributed by atoms with van der Waals surface area (Å²) in [7, 11) is 0. The lowest BCUT2D eigenvalue weighted by molar-refractivity contribution is 0.0935. The fraction of sp³-hybridized carbons (Fsp3) is 0.333. The highest BCUT2D eigenvalue weighted by Crippen LogP contribution is 2.15. The highest BCUT2D eigenvalue weighted by molar-refractivity contribution is 5.95. The molecule has 5 nitrogen and oxygen atoms in total. The van der Waals surface area contributed by atoms with Crippen molar-refractivity contribution in [3.05, 3.63) is 47.5 Å². The van der Waals surface area contributed by atoms with E-state index in [1.54, 1.807) is 24.5 Å². The molecule has 2 rings (SSSR count). The van der Waals surface area contributed by atoms with Crippen LogP contribution in [0.15, 0.2) is 34.9 Å². The molecular weight excluding hydrogens is 254 g/mol. The quantitative estimate of drug-likeness (QED) is 0.877. The van der Waals surface area contributed by atoms with Gasteiger partial charge in [-0.25, -0.2) is 4.98 Å². The Labute approximate surface area is 118 Å². The first kappa shape index (κ1) is 14.1. The Kier molecular flexibility index (Phi) is 4.40. The number of amides is 1. The minimum absolute atomic E-state index is 0.180. The predicted molar refractivity (Wildman–Crippen MR) is 77.2 cm³/mol. The zero-order valence-electron chi connectivity index (χ0n) is 11.7. The summed E-state index contributed by atoms with van der Waals surface area (Å²) >= 11 is 0. The molecule has 20 heavy (non-hydrogen) atoms. The van der Waals surface area contributed by atoms with Crippen molar-refractivity contribution >= 4 is 11.7 Å². The Bertz CT molecular complexity index is 579. The van der Waals surface area contributed by atoms with E-state index in [2.05, 4.69) is 17.2 Å².